The van der Waals surface area contributed by atoms with Gasteiger partial charge in [0.05, 0.1) is 11.0 Å². The number of para-hydroxylation sites is 3. The maximum absolute atomic E-state index is 2.75. The summed E-state index contributed by atoms with van der Waals surface area (Å²) in [4.78, 5) is 2.56. The summed E-state index contributed by atoms with van der Waals surface area (Å²) in [6.45, 7) is 21.0. The number of nitrogens with zero attached hydrogens (tertiary/aromatic N) is 3. The first-order valence-electron chi connectivity index (χ1n) is 23.7. The Kier molecular flexibility index (Phi) is 8.73. The Bertz CT molecular complexity index is 3570. The molecule has 0 spiro atoms. The predicted molar refractivity (Wildman–Crippen MR) is 284 cm³/mol. The van der Waals surface area contributed by atoms with Crippen LogP contribution in [-0.2, 0) is 16.2 Å². The molecule has 0 saturated carbocycles. The molecule has 10 aromatic rings. The first-order chi connectivity index (χ1) is 31.7. The highest BCUT2D eigenvalue weighted by Crippen LogP contribution is 2.52. The molecule has 0 bridgehead atoms. The monoisotopic (exact) mass is 853 g/mol. The quantitative estimate of drug-likeness (QED) is 0.161. The number of anilines is 3. The number of aromatic nitrogens is 2. The fourth-order valence-corrected chi connectivity index (χ4v) is 11.1. The Morgan fingerprint density at radius 3 is 1.73 bits per heavy atom. The Morgan fingerprint density at radius 2 is 1.02 bits per heavy atom. The van der Waals surface area contributed by atoms with Crippen molar-refractivity contribution in [2.45, 2.75) is 78.6 Å². The molecule has 66 heavy (non-hydrogen) atoms. The highest BCUT2D eigenvalue weighted by atomic mass is 15.2. The van der Waals surface area contributed by atoms with Gasteiger partial charge in [-0.15, -0.1) is 0 Å². The average molecular weight is 854 g/mol. The van der Waals surface area contributed by atoms with Crippen molar-refractivity contribution in [2.75, 3.05) is 4.90 Å². The van der Waals surface area contributed by atoms with Crippen molar-refractivity contribution in [1.82, 2.24) is 9.05 Å². The lowest BCUT2D eigenvalue weighted by atomic mass is 9.44. The molecule has 0 aliphatic carbocycles. The number of fused-ring (bicyclic) bond motifs is 7. The van der Waals surface area contributed by atoms with Crippen LogP contribution < -0.4 is 15.8 Å². The molecule has 0 fully saturated rings. The van der Waals surface area contributed by atoms with Gasteiger partial charge in [-0.1, -0.05) is 172 Å². The van der Waals surface area contributed by atoms with Crippen molar-refractivity contribution in [3.63, 3.8) is 0 Å². The summed E-state index contributed by atoms with van der Waals surface area (Å²) in [5.74, 6) is 0. The van der Waals surface area contributed by atoms with Crippen LogP contribution in [0.3, 0.4) is 0 Å². The van der Waals surface area contributed by atoms with Gasteiger partial charge in [-0.3, -0.25) is 0 Å². The molecule has 4 heteroatoms. The Labute approximate surface area is 390 Å². The van der Waals surface area contributed by atoms with Gasteiger partial charge in [-0.25, -0.2) is 0 Å². The average Bonchev–Trinajstić information content (AvgIpc) is 3.83. The second-order valence-electron chi connectivity index (χ2n) is 21.8. The summed E-state index contributed by atoms with van der Waals surface area (Å²) in [5, 5.41) is 3.81. The van der Waals surface area contributed by atoms with Crippen molar-refractivity contribution in [1.29, 1.82) is 0 Å². The first kappa shape index (κ1) is 40.5. The SMILES string of the molecule is CC(C)(C)c1ccc(N2c3ccccc3B3c4c(cc(C(C)(C)C)cc42)-c2cc(C(C)(C)C)cc4c(-c5ccc6c(c5)c5ccccc5n6-c5ccccc5)c(-c5ccccc5)n3c24)cc1. The van der Waals surface area contributed by atoms with Crippen molar-refractivity contribution in [2.24, 2.45) is 0 Å². The zero-order valence-corrected chi connectivity index (χ0v) is 39.7. The molecule has 0 radical (unpaired) electrons. The van der Waals surface area contributed by atoms with Crippen LogP contribution in [0.15, 0.2) is 176 Å². The minimum atomic E-state index is -0.101. The van der Waals surface area contributed by atoms with Crippen LogP contribution in [0, 0.1) is 0 Å². The van der Waals surface area contributed by atoms with E-state index in [1.807, 2.05) is 0 Å². The molecule has 0 atom stereocenters. The summed E-state index contributed by atoms with van der Waals surface area (Å²) in [7, 11) is 0. The summed E-state index contributed by atoms with van der Waals surface area (Å²) < 4.78 is 5.17. The third kappa shape index (κ3) is 6.03. The van der Waals surface area contributed by atoms with Gasteiger partial charge in [-0.2, -0.15) is 0 Å². The van der Waals surface area contributed by atoms with E-state index in [4.69, 9.17) is 0 Å². The topological polar surface area (TPSA) is 13.1 Å². The molecule has 4 heterocycles. The minimum Gasteiger partial charge on any atom is -0.375 e. The maximum atomic E-state index is 2.75. The van der Waals surface area contributed by atoms with Crippen LogP contribution in [0.4, 0.5) is 17.1 Å². The van der Waals surface area contributed by atoms with Crippen LogP contribution in [0.2, 0.25) is 0 Å². The summed E-state index contributed by atoms with van der Waals surface area (Å²) in [6.07, 6.45) is 0. The zero-order valence-electron chi connectivity index (χ0n) is 39.7. The fourth-order valence-electron chi connectivity index (χ4n) is 11.1. The van der Waals surface area contributed by atoms with Crippen LogP contribution in [0.5, 0.6) is 0 Å². The van der Waals surface area contributed by atoms with Gasteiger partial charge in [0, 0.05) is 61.2 Å². The van der Waals surface area contributed by atoms with E-state index >= 15 is 0 Å². The van der Waals surface area contributed by atoms with E-state index in [1.165, 1.54) is 117 Å². The van der Waals surface area contributed by atoms with E-state index in [2.05, 4.69) is 252 Å². The summed E-state index contributed by atoms with van der Waals surface area (Å²) in [6, 6.07) is 66.8. The summed E-state index contributed by atoms with van der Waals surface area (Å²) in [5.41, 5.74) is 22.7. The number of hydrogen-bond acceptors (Lipinski definition) is 1. The van der Waals surface area contributed by atoms with Crippen LogP contribution in [0.1, 0.15) is 79.0 Å². The van der Waals surface area contributed by atoms with Gasteiger partial charge < -0.3 is 13.9 Å². The van der Waals surface area contributed by atoms with E-state index in [0.717, 1.165) is 0 Å². The highest BCUT2D eigenvalue weighted by Gasteiger charge is 2.45. The van der Waals surface area contributed by atoms with Crippen LogP contribution in [0.25, 0.3) is 71.9 Å². The molecule has 322 valence electrons. The molecule has 0 unspecified atom stereocenters. The standard InChI is InChI=1S/C62H56BN3/c1-60(2,3)41-29-31-45(32-30-41)65-54-27-19-17-25-51(54)63-57-48(35-43(38-55(57)65)62(7,8)9)49-36-42(61(4,5)6)37-50-56(58(66(63)59(49)50)39-20-12-10-13-21-39)40-28-33-53-47(34-40)46-24-16-18-26-52(46)64(53)44-22-14-11-15-23-44/h10-38H,1-9H3. The molecular weight excluding hydrogens is 798 g/mol. The Hall–Kier alpha value is -7.04. The third-order valence-corrected chi connectivity index (χ3v) is 14.5. The molecule has 3 nitrogen and oxygen atoms in total. The fraction of sp³-hybridized carbons (Fsp3) is 0.194. The lowest BCUT2D eigenvalue weighted by Crippen LogP contribution is -2.57. The number of hydrogen-bond donors (Lipinski definition) is 0. The molecule has 2 aromatic heterocycles. The van der Waals surface area contributed by atoms with Gasteiger partial charge in [0.1, 0.15) is 0 Å². The normalized spacial score (nSPS) is 13.5. The molecule has 0 N–H and O–H groups in total. The van der Waals surface area contributed by atoms with E-state index < -0.39 is 0 Å². The van der Waals surface area contributed by atoms with Gasteiger partial charge in [-0.05, 0) is 127 Å². The second kappa shape index (κ2) is 14.2. The Morgan fingerprint density at radius 1 is 0.409 bits per heavy atom. The van der Waals surface area contributed by atoms with Gasteiger partial charge in [0.25, 0.3) is 0 Å². The van der Waals surface area contributed by atoms with Crippen molar-refractivity contribution >= 4 is 67.5 Å². The van der Waals surface area contributed by atoms with E-state index in [0.29, 0.717) is 0 Å². The predicted octanol–water partition coefficient (Wildman–Crippen LogP) is 15.4. The molecule has 0 saturated heterocycles. The molecule has 0 amide bonds. The molecule has 12 rings (SSSR count). The lowest BCUT2D eigenvalue weighted by molar-refractivity contribution is 0.589. The van der Waals surface area contributed by atoms with Crippen LogP contribution >= 0.6 is 0 Å². The van der Waals surface area contributed by atoms with E-state index in [1.54, 1.807) is 0 Å². The summed E-state index contributed by atoms with van der Waals surface area (Å²) >= 11 is 0. The highest BCUT2D eigenvalue weighted by molar-refractivity contribution is 6.89. The largest absolute Gasteiger partial charge is 0.375 e. The minimum absolute atomic E-state index is 0.0536. The van der Waals surface area contributed by atoms with E-state index in [9.17, 15) is 0 Å². The first-order valence-corrected chi connectivity index (χ1v) is 23.7. The third-order valence-electron chi connectivity index (χ3n) is 14.5. The molecule has 2 aliphatic rings. The number of rotatable bonds is 4. The molecule has 2 aliphatic heterocycles. The molecule has 8 aromatic carbocycles. The Balaban J connectivity index is 1.23. The lowest BCUT2D eigenvalue weighted by Gasteiger charge is -2.42. The van der Waals surface area contributed by atoms with Crippen molar-refractivity contribution < 1.29 is 0 Å². The molecular formula is C62H56BN3. The maximum Gasteiger partial charge on any atom is 0.333 e. The van der Waals surface area contributed by atoms with Gasteiger partial charge >= 0.3 is 6.85 Å². The zero-order chi connectivity index (χ0) is 45.4. The smallest absolute Gasteiger partial charge is 0.333 e. The van der Waals surface area contributed by atoms with Crippen LogP contribution in [-0.4, -0.2) is 15.9 Å². The van der Waals surface area contributed by atoms with Gasteiger partial charge in [0.2, 0.25) is 0 Å². The number of benzene rings is 8. The second-order valence-corrected chi connectivity index (χ2v) is 21.8. The van der Waals surface area contributed by atoms with Gasteiger partial charge in [0.15, 0.2) is 0 Å². The van der Waals surface area contributed by atoms with Crippen molar-refractivity contribution in [3.05, 3.63) is 193 Å². The van der Waals surface area contributed by atoms with E-state index in [-0.39, 0.29) is 23.1 Å². The van der Waals surface area contributed by atoms with Crippen molar-refractivity contribution in [3.8, 4) is 39.2 Å².